The van der Waals surface area contributed by atoms with Crippen LogP contribution in [0.25, 0.3) is 10.6 Å². The second kappa shape index (κ2) is 3.96. The highest BCUT2D eigenvalue weighted by Crippen LogP contribution is 2.33. The summed E-state index contributed by atoms with van der Waals surface area (Å²) in [5.74, 6) is 0. The van der Waals surface area contributed by atoms with E-state index in [9.17, 15) is 0 Å². The summed E-state index contributed by atoms with van der Waals surface area (Å²) in [6.07, 6.45) is 0. The minimum atomic E-state index is 0.471. The van der Waals surface area contributed by atoms with Gasteiger partial charge in [0.15, 0.2) is 0 Å². The molecule has 0 aromatic carbocycles. The quantitative estimate of drug-likeness (QED) is 0.878. The van der Waals surface area contributed by atoms with E-state index in [-0.39, 0.29) is 0 Å². The van der Waals surface area contributed by atoms with Gasteiger partial charge in [-0.3, -0.25) is 4.68 Å². The maximum atomic E-state index is 5.92. The average molecular weight is 242 g/mol. The topological polar surface area (TPSA) is 43.8 Å². The van der Waals surface area contributed by atoms with Gasteiger partial charge < -0.3 is 5.73 Å². The summed E-state index contributed by atoms with van der Waals surface area (Å²) in [4.78, 5) is 1.13. The maximum Gasteiger partial charge on any atom is 0.0935 e. The molecule has 0 atom stereocenters. The molecule has 2 rings (SSSR count). The highest BCUT2D eigenvalue weighted by atomic mass is 35.5. The number of thiophene rings is 1. The smallest absolute Gasteiger partial charge is 0.0935 e. The standard InChI is InChI=1S/C10H12ClN3S/c1-6-7(5-12)13-14(2)10(6)8-3-4-9(11)15-8/h3-4H,5,12H2,1-2H3. The van der Waals surface area contributed by atoms with Crippen LogP contribution >= 0.6 is 22.9 Å². The molecule has 0 amide bonds. The van der Waals surface area contributed by atoms with E-state index >= 15 is 0 Å². The Morgan fingerprint density at radius 2 is 2.27 bits per heavy atom. The van der Waals surface area contributed by atoms with Crippen LogP contribution in [-0.2, 0) is 13.6 Å². The van der Waals surface area contributed by atoms with E-state index < -0.39 is 0 Å². The van der Waals surface area contributed by atoms with E-state index in [2.05, 4.69) is 5.10 Å². The second-order valence-electron chi connectivity index (χ2n) is 3.35. The van der Waals surface area contributed by atoms with Gasteiger partial charge in [0, 0.05) is 19.2 Å². The number of aromatic nitrogens is 2. The van der Waals surface area contributed by atoms with Crippen molar-refractivity contribution in [2.75, 3.05) is 0 Å². The van der Waals surface area contributed by atoms with E-state index in [0.717, 1.165) is 26.2 Å². The Kier molecular flexibility index (Phi) is 2.82. The van der Waals surface area contributed by atoms with Gasteiger partial charge in [-0.25, -0.2) is 0 Å². The summed E-state index contributed by atoms with van der Waals surface area (Å²) in [7, 11) is 1.93. The predicted molar refractivity (Wildman–Crippen MR) is 64.2 cm³/mol. The zero-order chi connectivity index (χ0) is 11.0. The molecule has 2 aromatic heterocycles. The van der Waals surface area contributed by atoms with Gasteiger partial charge in [-0.2, -0.15) is 5.10 Å². The number of nitrogens with two attached hydrogens (primary N) is 1. The van der Waals surface area contributed by atoms with Crippen molar-refractivity contribution in [2.24, 2.45) is 12.8 Å². The molecular formula is C10H12ClN3S. The summed E-state index contributed by atoms with van der Waals surface area (Å²) in [6, 6.07) is 3.91. The summed E-state index contributed by atoms with van der Waals surface area (Å²) >= 11 is 7.48. The van der Waals surface area contributed by atoms with Crippen molar-refractivity contribution >= 4 is 22.9 Å². The van der Waals surface area contributed by atoms with Crippen LogP contribution < -0.4 is 5.73 Å². The summed E-state index contributed by atoms with van der Waals surface area (Å²) in [6.45, 7) is 2.51. The molecule has 5 heteroatoms. The Morgan fingerprint density at radius 1 is 1.53 bits per heavy atom. The van der Waals surface area contributed by atoms with Gasteiger partial charge in [0.2, 0.25) is 0 Å². The van der Waals surface area contributed by atoms with Crippen LogP contribution in [0.1, 0.15) is 11.3 Å². The molecule has 0 bridgehead atoms. The normalized spacial score (nSPS) is 10.9. The fraction of sp³-hybridized carbons (Fsp3) is 0.300. The Labute approximate surface area is 97.5 Å². The highest BCUT2D eigenvalue weighted by Gasteiger charge is 2.14. The average Bonchev–Trinajstić information content (AvgIpc) is 2.71. The predicted octanol–water partition coefficient (Wildman–Crippen LogP) is 2.57. The monoisotopic (exact) mass is 241 g/mol. The molecule has 0 radical (unpaired) electrons. The lowest BCUT2D eigenvalue weighted by atomic mass is 10.2. The first-order valence-electron chi connectivity index (χ1n) is 4.61. The molecule has 0 spiro atoms. The largest absolute Gasteiger partial charge is 0.325 e. The summed E-state index contributed by atoms with van der Waals surface area (Å²) in [5.41, 5.74) is 8.80. The molecule has 0 saturated carbocycles. The first kappa shape index (κ1) is 10.7. The molecule has 0 unspecified atom stereocenters. The third-order valence-corrected chi connectivity index (χ3v) is 3.62. The van der Waals surface area contributed by atoms with Gasteiger partial charge >= 0.3 is 0 Å². The molecule has 3 nitrogen and oxygen atoms in total. The van der Waals surface area contributed by atoms with Crippen LogP contribution in [0.5, 0.6) is 0 Å². The zero-order valence-electron chi connectivity index (χ0n) is 8.62. The number of nitrogens with zero attached hydrogens (tertiary/aromatic N) is 2. The van der Waals surface area contributed by atoms with Crippen molar-refractivity contribution in [3.05, 3.63) is 27.7 Å². The first-order valence-corrected chi connectivity index (χ1v) is 5.81. The Bertz CT molecular complexity index is 487. The number of hydrogen-bond donors (Lipinski definition) is 1. The van der Waals surface area contributed by atoms with Crippen molar-refractivity contribution in [2.45, 2.75) is 13.5 Å². The van der Waals surface area contributed by atoms with Crippen molar-refractivity contribution in [1.29, 1.82) is 0 Å². The van der Waals surface area contributed by atoms with Crippen molar-refractivity contribution in [1.82, 2.24) is 9.78 Å². The number of halogens is 1. The molecule has 0 aliphatic rings. The lowest BCUT2D eigenvalue weighted by Gasteiger charge is -1.99. The van der Waals surface area contributed by atoms with E-state index in [0.29, 0.717) is 6.54 Å². The molecule has 0 aliphatic heterocycles. The van der Waals surface area contributed by atoms with Crippen LogP contribution in [0.2, 0.25) is 4.34 Å². The minimum Gasteiger partial charge on any atom is -0.325 e. The first-order chi connectivity index (χ1) is 7.13. The fourth-order valence-corrected chi connectivity index (χ4v) is 2.84. The molecule has 80 valence electrons. The molecule has 0 aliphatic carbocycles. The van der Waals surface area contributed by atoms with Gasteiger partial charge in [-0.1, -0.05) is 11.6 Å². The SMILES string of the molecule is Cc1c(CN)nn(C)c1-c1ccc(Cl)s1. The molecule has 0 saturated heterocycles. The third kappa shape index (κ3) is 1.80. The lowest BCUT2D eigenvalue weighted by molar-refractivity contribution is 0.750. The van der Waals surface area contributed by atoms with E-state index in [1.54, 1.807) is 11.3 Å². The number of aryl methyl sites for hydroxylation is 1. The number of rotatable bonds is 2. The van der Waals surface area contributed by atoms with Crippen molar-refractivity contribution < 1.29 is 0 Å². The highest BCUT2D eigenvalue weighted by molar-refractivity contribution is 7.19. The van der Waals surface area contributed by atoms with Crippen LogP contribution in [-0.4, -0.2) is 9.78 Å². The molecule has 2 heterocycles. The van der Waals surface area contributed by atoms with Gasteiger partial charge in [0.1, 0.15) is 0 Å². The Hall–Kier alpha value is -0.840. The molecule has 15 heavy (non-hydrogen) atoms. The summed E-state index contributed by atoms with van der Waals surface area (Å²) < 4.78 is 2.65. The van der Waals surface area contributed by atoms with Gasteiger partial charge in [-0.05, 0) is 19.1 Å². The van der Waals surface area contributed by atoms with E-state index in [4.69, 9.17) is 17.3 Å². The van der Waals surface area contributed by atoms with Crippen molar-refractivity contribution in [3.63, 3.8) is 0 Å². The lowest BCUT2D eigenvalue weighted by Crippen LogP contribution is -1.99. The van der Waals surface area contributed by atoms with E-state index in [1.165, 1.54) is 0 Å². The van der Waals surface area contributed by atoms with Crippen molar-refractivity contribution in [3.8, 4) is 10.6 Å². The molecule has 0 fully saturated rings. The maximum absolute atomic E-state index is 5.92. The minimum absolute atomic E-state index is 0.471. The molecule has 2 aromatic rings. The van der Waals surface area contributed by atoms with E-state index in [1.807, 2.05) is 30.8 Å². The Balaban J connectivity index is 2.57. The van der Waals surface area contributed by atoms with Gasteiger partial charge in [0.05, 0.1) is 20.6 Å². The Morgan fingerprint density at radius 3 is 2.73 bits per heavy atom. The third-order valence-electron chi connectivity index (χ3n) is 2.38. The second-order valence-corrected chi connectivity index (χ2v) is 5.07. The fourth-order valence-electron chi connectivity index (χ4n) is 1.67. The number of hydrogen-bond acceptors (Lipinski definition) is 3. The van der Waals surface area contributed by atoms with Gasteiger partial charge in [0.25, 0.3) is 0 Å². The summed E-state index contributed by atoms with van der Waals surface area (Å²) in [5, 5.41) is 4.37. The van der Waals surface area contributed by atoms with Crippen LogP contribution in [0.15, 0.2) is 12.1 Å². The molecular weight excluding hydrogens is 230 g/mol. The van der Waals surface area contributed by atoms with Crippen LogP contribution in [0, 0.1) is 6.92 Å². The van der Waals surface area contributed by atoms with Crippen LogP contribution in [0.4, 0.5) is 0 Å². The molecule has 2 N–H and O–H groups in total. The zero-order valence-corrected chi connectivity index (χ0v) is 10.2. The van der Waals surface area contributed by atoms with Gasteiger partial charge in [-0.15, -0.1) is 11.3 Å². The van der Waals surface area contributed by atoms with Crippen LogP contribution in [0.3, 0.4) is 0 Å².